The van der Waals surface area contributed by atoms with Crippen LogP contribution in [0.1, 0.15) is 25.0 Å². The Hall–Kier alpha value is -2.37. The molecule has 0 radical (unpaired) electrons. The van der Waals surface area contributed by atoms with E-state index in [4.69, 9.17) is 4.74 Å². The molecule has 0 unspecified atom stereocenters. The van der Waals surface area contributed by atoms with Crippen molar-refractivity contribution in [2.75, 3.05) is 5.32 Å². The summed E-state index contributed by atoms with van der Waals surface area (Å²) in [6, 6.07) is 7.44. The Kier molecular flexibility index (Phi) is 3.62. The van der Waals surface area contributed by atoms with Crippen LogP contribution >= 0.6 is 0 Å². The zero-order chi connectivity index (χ0) is 13.8. The van der Waals surface area contributed by atoms with Gasteiger partial charge in [0.2, 0.25) is 5.91 Å². The summed E-state index contributed by atoms with van der Waals surface area (Å²) in [7, 11) is 0. The first-order valence-electron chi connectivity index (χ1n) is 6.72. The van der Waals surface area contributed by atoms with Crippen molar-refractivity contribution in [3.63, 3.8) is 0 Å². The van der Waals surface area contributed by atoms with E-state index in [1.807, 2.05) is 28.9 Å². The number of ether oxygens (including phenoxy) is 1. The summed E-state index contributed by atoms with van der Waals surface area (Å²) in [5.41, 5.74) is 1.64. The number of amides is 1. The van der Waals surface area contributed by atoms with Gasteiger partial charge in [0, 0.05) is 13.0 Å². The third kappa shape index (κ3) is 2.79. The number of aromatic nitrogens is 3. The lowest BCUT2D eigenvalue weighted by Gasteiger charge is -2.14. The summed E-state index contributed by atoms with van der Waals surface area (Å²) in [6.07, 6.45) is 3.94. The van der Waals surface area contributed by atoms with Crippen molar-refractivity contribution >= 4 is 11.6 Å². The highest BCUT2D eigenvalue weighted by Gasteiger charge is 2.11. The standard InChI is InChI=1S/C14H16N4O2/c19-14-7-3-4-8-18-11(9-15-17-18)10-20-13-6-2-1-5-12(13)16-14/h1-2,5-6,9H,3-4,7-8,10H2,(H,16,19). The molecule has 2 aromatic rings. The van der Waals surface area contributed by atoms with Crippen LogP contribution in [0.3, 0.4) is 0 Å². The van der Waals surface area contributed by atoms with Crippen LogP contribution < -0.4 is 10.1 Å². The van der Waals surface area contributed by atoms with Gasteiger partial charge in [-0.1, -0.05) is 17.3 Å². The van der Waals surface area contributed by atoms with Crippen LogP contribution in [0, 0.1) is 0 Å². The van der Waals surface area contributed by atoms with Gasteiger partial charge in [-0.2, -0.15) is 0 Å². The lowest BCUT2D eigenvalue weighted by molar-refractivity contribution is -0.116. The van der Waals surface area contributed by atoms with Gasteiger partial charge in [-0.25, -0.2) is 4.68 Å². The van der Waals surface area contributed by atoms with Gasteiger partial charge in [-0.3, -0.25) is 4.79 Å². The predicted molar refractivity (Wildman–Crippen MR) is 73.3 cm³/mol. The lowest BCUT2D eigenvalue weighted by Crippen LogP contribution is -2.15. The summed E-state index contributed by atoms with van der Waals surface area (Å²) >= 11 is 0. The number of hydrogen-bond acceptors (Lipinski definition) is 4. The maximum atomic E-state index is 11.9. The van der Waals surface area contributed by atoms with E-state index in [0.717, 1.165) is 25.1 Å². The average molecular weight is 272 g/mol. The molecule has 0 atom stereocenters. The summed E-state index contributed by atoms with van der Waals surface area (Å²) in [5.74, 6) is 0.676. The number of anilines is 1. The van der Waals surface area contributed by atoms with Gasteiger partial charge in [0.05, 0.1) is 17.6 Å². The number of hydrogen-bond donors (Lipinski definition) is 1. The Morgan fingerprint density at radius 2 is 2.15 bits per heavy atom. The Balaban J connectivity index is 1.87. The molecule has 0 saturated carbocycles. The number of fused-ring (bicyclic) bond motifs is 2. The van der Waals surface area contributed by atoms with Crippen molar-refractivity contribution in [2.24, 2.45) is 0 Å². The first-order valence-corrected chi connectivity index (χ1v) is 6.72. The van der Waals surface area contributed by atoms with E-state index in [1.165, 1.54) is 0 Å². The summed E-state index contributed by atoms with van der Waals surface area (Å²) < 4.78 is 7.61. The third-order valence-corrected chi connectivity index (χ3v) is 3.26. The molecule has 20 heavy (non-hydrogen) atoms. The van der Waals surface area contributed by atoms with Crippen molar-refractivity contribution in [3.8, 4) is 5.75 Å². The molecule has 3 rings (SSSR count). The van der Waals surface area contributed by atoms with Gasteiger partial charge in [-0.05, 0) is 25.0 Å². The smallest absolute Gasteiger partial charge is 0.224 e. The van der Waals surface area contributed by atoms with Crippen molar-refractivity contribution in [1.82, 2.24) is 15.0 Å². The van der Waals surface area contributed by atoms with Crippen molar-refractivity contribution in [1.29, 1.82) is 0 Å². The second kappa shape index (κ2) is 5.73. The monoisotopic (exact) mass is 272 g/mol. The second-order valence-corrected chi connectivity index (χ2v) is 4.74. The Morgan fingerprint density at radius 3 is 3.10 bits per heavy atom. The Labute approximate surface area is 116 Å². The minimum Gasteiger partial charge on any atom is -0.485 e. The van der Waals surface area contributed by atoms with Crippen molar-refractivity contribution < 1.29 is 9.53 Å². The third-order valence-electron chi connectivity index (χ3n) is 3.26. The Morgan fingerprint density at radius 1 is 1.25 bits per heavy atom. The van der Waals surface area contributed by atoms with Gasteiger partial charge in [-0.15, -0.1) is 5.10 Å². The number of carbonyl (C=O) groups is 1. The topological polar surface area (TPSA) is 69.0 Å². The quantitative estimate of drug-likeness (QED) is 0.796. The van der Waals surface area contributed by atoms with Gasteiger partial charge in [0.15, 0.2) is 0 Å². The molecule has 0 aliphatic carbocycles. The summed E-state index contributed by atoms with van der Waals surface area (Å²) in [4.78, 5) is 11.9. The number of nitrogens with zero attached hydrogens (tertiary/aromatic N) is 3. The number of para-hydroxylation sites is 2. The molecule has 2 heterocycles. The van der Waals surface area contributed by atoms with E-state index < -0.39 is 0 Å². The fourth-order valence-electron chi connectivity index (χ4n) is 2.19. The van der Waals surface area contributed by atoms with E-state index in [2.05, 4.69) is 15.6 Å². The van der Waals surface area contributed by atoms with E-state index in [-0.39, 0.29) is 5.91 Å². The van der Waals surface area contributed by atoms with Crippen molar-refractivity contribution in [2.45, 2.75) is 32.4 Å². The largest absolute Gasteiger partial charge is 0.485 e. The summed E-state index contributed by atoms with van der Waals surface area (Å²) in [5, 5.41) is 10.9. The maximum absolute atomic E-state index is 11.9. The van der Waals surface area contributed by atoms with Crippen LogP contribution in [0.4, 0.5) is 5.69 Å². The molecule has 6 heteroatoms. The molecule has 1 amide bonds. The minimum absolute atomic E-state index is 0.0143. The normalized spacial score (nSPS) is 15.9. The van der Waals surface area contributed by atoms with Crippen LogP contribution in [-0.4, -0.2) is 20.9 Å². The molecule has 1 aromatic heterocycles. The van der Waals surface area contributed by atoms with Gasteiger partial charge in [0.25, 0.3) is 0 Å². The number of nitrogens with one attached hydrogen (secondary N) is 1. The molecule has 1 aromatic carbocycles. The second-order valence-electron chi connectivity index (χ2n) is 4.74. The highest BCUT2D eigenvalue weighted by atomic mass is 16.5. The fourth-order valence-corrected chi connectivity index (χ4v) is 2.19. The van der Waals surface area contributed by atoms with E-state index in [0.29, 0.717) is 24.5 Å². The fraction of sp³-hybridized carbons (Fsp3) is 0.357. The lowest BCUT2D eigenvalue weighted by atomic mass is 10.2. The average Bonchev–Trinajstić information content (AvgIpc) is 2.89. The predicted octanol–water partition coefficient (Wildman–Crippen LogP) is 1.98. The number of rotatable bonds is 0. The number of benzene rings is 1. The first kappa shape index (κ1) is 12.7. The van der Waals surface area contributed by atoms with E-state index in [9.17, 15) is 4.79 Å². The molecule has 6 nitrogen and oxygen atoms in total. The van der Waals surface area contributed by atoms with Gasteiger partial charge >= 0.3 is 0 Å². The van der Waals surface area contributed by atoms with Crippen LogP contribution in [0.25, 0.3) is 0 Å². The van der Waals surface area contributed by atoms with E-state index in [1.54, 1.807) is 6.20 Å². The molecule has 104 valence electrons. The van der Waals surface area contributed by atoms with Crippen LogP contribution in [0.15, 0.2) is 30.5 Å². The molecule has 1 aliphatic heterocycles. The van der Waals surface area contributed by atoms with Crippen LogP contribution in [0.2, 0.25) is 0 Å². The molecule has 1 N–H and O–H groups in total. The number of carbonyl (C=O) groups excluding carboxylic acids is 1. The maximum Gasteiger partial charge on any atom is 0.224 e. The highest BCUT2D eigenvalue weighted by Crippen LogP contribution is 2.25. The molecule has 0 bridgehead atoms. The molecule has 0 spiro atoms. The zero-order valence-electron chi connectivity index (χ0n) is 11.1. The number of aryl methyl sites for hydroxylation is 1. The first-order chi connectivity index (χ1) is 9.83. The van der Waals surface area contributed by atoms with Crippen LogP contribution in [-0.2, 0) is 17.9 Å². The van der Waals surface area contributed by atoms with Gasteiger partial charge < -0.3 is 10.1 Å². The molecular formula is C14H16N4O2. The minimum atomic E-state index is 0.0143. The highest BCUT2D eigenvalue weighted by molar-refractivity contribution is 5.92. The molecule has 0 saturated heterocycles. The molecule has 1 aliphatic rings. The molecular weight excluding hydrogens is 256 g/mol. The van der Waals surface area contributed by atoms with Gasteiger partial charge in [0.1, 0.15) is 12.4 Å². The summed E-state index contributed by atoms with van der Waals surface area (Å²) in [6.45, 7) is 1.15. The Bertz CT molecular complexity index is 609. The van der Waals surface area contributed by atoms with Crippen molar-refractivity contribution in [3.05, 3.63) is 36.2 Å². The molecule has 0 fully saturated rings. The SMILES string of the molecule is O=C1CCCCn2nncc2COc2ccccc2N1. The van der Waals surface area contributed by atoms with E-state index >= 15 is 0 Å². The van der Waals surface area contributed by atoms with Crippen LogP contribution in [0.5, 0.6) is 5.75 Å². The zero-order valence-corrected chi connectivity index (χ0v) is 11.1.